The molecular formula is C14H15BrN2OS. The molecule has 1 aromatic heterocycles. The summed E-state index contributed by atoms with van der Waals surface area (Å²) in [5, 5.41) is 0. The molecule has 1 heterocycles. The average Bonchev–Trinajstić information content (AvgIpc) is 2.88. The minimum Gasteiger partial charge on any atom is -0.467 e. The molecule has 0 atom stereocenters. The van der Waals surface area contributed by atoms with Crippen LogP contribution in [0.2, 0.25) is 0 Å². The maximum absolute atomic E-state index is 5.83. The summed E-state index contributed by atoms with van der Waals surface area (Å²) in [5.41, 5.74) is 7.71. The van der Waals surface area contributed by atoms with E-state index < -0.39 is 0 Å². The van der Waals surface area contributed by atoms with Crippen molar-refractivity contribution in [1.82, 2.24) is 0 Å². The maximum Gasteiger partial charge on any atom is 0.123 e. The monoisotopic (exact) mass is 338 g/mol. The molecule has 0 aliphatic heterocycles. The van der Waals surface area contributed by atoms with Gasteiger partial charge >= 0.3 is 0 Å². The van der Waals surface area contributed by atoms with Crippen molar-refractivity contribution < 1.29 is 4.42 Å². The van der Waals surface area contributed by atoms with Crippen LogP contribution in [0.4, 0.5) is 5.69 Å². The van der Waals surface area contributed by atoms with Crippen LogP contribution in [0.15, 0.2) is 45.5 Å². The standard InChI is InChI=1S/C14H15BrN2OS/c1-2-17(9-10-5-4-8-18-10)12-7-3-6-11(15)13(12)14(16)19/h3-8H,2,9H2,1H3,(H2,16,19). The summed E-state index contributed by atoms with van der Waals surface area (Å²) in [6.07, 6.45) is 1.68. The molecule has 100 valence electrons. The molecule has 3 nitrogen and oxygen atoms in total. The molecule has 19 heavy (non-hydrogen) atoms. The van der Waals surface area contributed by atoms with Crippen LogP contribution in [-0.2, 0) is 6.54 Å². The van der Waals surface area contributed by atoms with Crippen LogP contribution >= 0.6 is 28.1 Å². The molecule has 0 saturated heterocycles. The molecule has 0 fully saturated rings. The van der Waals surface area contributed by atoms with E-state index in [1.807, 2.05) is 30.3 Å². The summed E-state index contributed by atoms with van der Waals surface area (Å²) in [5.74, 6) is 0.913. The third kappa shape index (κ3) is 3.16. The Labute approximate surface area is 126 Å². The van der Waals surface area contributed by atoms with E-state index in [1.165, 1.54) is 0 Å². The number of rotatable bonds is 5. The lowest BCUT2D eigenvalue weighted by molar-refractivity contribution is 0.503. The van der Waals surface area contributed by atoms with E-state index in [4.69, 9.17) is 22.4 Å². The van der Waals surface area contributed by atoms with Crippen molar-refractivity contribution in [3.05, 3.63) is 52.4 Å². The van der Waals surface area contributed by atoms with E-state index in [9.17, 15) is 0 Å². The highest BCUT2D eigenvalue weighted by molar-refractivity contribution is 9.10. The van der Waals surface area contributed by atoms with Gasteiger partial charge in [-0.1, -0.05) is 18.3 Å². The highest BCUT2D eigenvalue weighted by atomic mass is 79.9. The van der Waals surface area contributed by atoms with Crippen molar-refractivity contribution in [2.45, 2.75) is 13.5 Å². The van der Waals surface area contributed by atoms with Gasteiger partial charge in [-0.15, -0.1) is 0 Å². The Morgan fingerprint density at radius 1 is 1.37 bits per heavy atom. The Bertz CT molecular complexity index is 569. The van der Waals surface area contributed by atoms with Gasteiger partial charge in [0.25, 0.3) is 0 Å². The van der Waals surface area contributed by atoms with E-state index in [-0.39, 0.29) is 0 Å². The number of halogens is 1. The van der Waals surface area contributed by atoms with Gasteiger partial charge in [0.1, 0.15) is 10.7 Å². The van der Waals surface area contributed by atoms with Gasteiger partial charge in [0.05, 0.1) is 12.8 Å². The van der Waals surface area contributed by atoms with E-state index >= 15 is 0 Å². The van der Waals surface area contributed by atoms with Crippen LogP contribution in [0, 0.1) is 0 Å². The molecule has 1 aromatic carbocycles. The summed E-state index contributed by atoms with van der Waals surface area (Å²) in [6.45, 7) is 3.62. The molecule has 0 bridgehead atoms. The fraction of sp³-hybridized carbons (Fsp3) is 0.214. The zero-order valence-electron chi connectivity index (χ0n) is 10.6. The molecule has 0 unspecified atom stereocenters. The van der Waals surface area contributed by atoms with Crippen LogP contribution in [0.1, 0.15) is 18.2 Å². The van der Waals surface area contributed by atoms with Gasteiger partial charge in [-0.25, -0.2) is 0 Å². The largest absolute Gasteiger partial charge is 0.467 e. The number of nitrogens with zero attached hydrogens (tertiary/aromatic N) is 1. The molecule has 0 aliphatic carbocycles. The first-order valence-electron chi connectivity index (χ1n) is 5.99. The van der Waals surface area contributed by atoms with E-state index in [0.29, 0.717) is 11.5 Å². The fourth-order valence-electron chi connectivity index (χ4n) is 1.98. The smallest absolute Gasteiger partial charge is 0.123 e. The van der Waals surface area contributed by atoms with Gasteiger partial charge in [0, 0.05) is 22.3 Å². The Morgan fingerprint density at radius 2 is 2.16 bits per heavy atom. The predicted molar refractivity (Wildman–Crippen MR) is 85.5 cm³/mol. The Morgan fingerprint density at radius 3 is 2.74 bits per heavy atom. The molecule has 0 amide bonds. The zero-order chi connectivity index (χ0) is 13.8. The number of hydrogen-bond acceptors (Lipinski definition) is 3. The van der Waals surface area contributed by atoms with Gasteiger partial charge in [-0.05, 0) is 47.1 Å². The molecule has 2 rings (SSSR count). The van der Waals surface area contributed by atoms with Crippen LogP contribution in [0.5, 0.6) is 0 Å². The van der Waals surface area contributed by atoms with Crippen LogP contribution in [0.25, 0.3) is 0 Å². The van der Waals surface area contributed by atoms with E-state index in [0.717, 1.165) is 28.0 Å². The van der Waals surface area contributed by atoms with Crippen LogP contribution < -0.4 is 10.6 Å². The summed E-state index contributed by atoms with van der Waals surface area (Å²) in [4.78, 5) is 2.57. The highest BCUT2D eigenvalue weighted by Crippen LogP contribution is 2.28. The minimum absolute atomic E-state index is 0.389. The second-order valence-electron chi connectivity index (χ2n) is 4.09. The number of furan rings is 1. The van der Waals surface area contributed by atoms with Gasteiger partial charge in [0.15, 0.2) is 0 Å². The summed E-state index contributed by atoms with van der Waals surface area (Å²) in [6, 6.07) is 9.79. The quantitative estimate of drug-likeness (QED) is 0.844. The van der Waals surface area contributed by atoms with Crippen molar-refractivity contribution in [1.29, 1.82) is 0 Å². The molecule has 0 spiro atoms. The molecule has 0 radical (unpaired) electrons. The zero-order valence-corrected chi connectivity index (χ0v) is 13.0. The average molecular weight is 339 g/mol. The maximum atomic E-state index is 5.83. The molecular weight excluding hydrogens is 324 g/mol. The normalized spacial score (nSPS) is 10.4. The number of thiocarbonyl (C=S) groups is 1. The van der Waals surface area contributed by atoms with E-state index in [2.05, 4.69) is 27.8 Å². The van der Waals surface area contributed by atoms with Gasteiger partial charge in [-0.3, -0.25) is 0 Å². The SMILES string of the molecule is CCN(Cc1ccco1)c1cccc(Br)c1C(N)=S. The van der Waals surface area contributed by atoms with Gasteiger partial charge < -0.3 is 15.1 Å². The first kappa shape index (κ1) is 14.1. The molecule has 0 aliphatic rings. The van der Waals surface area contributed by atoms with E-state index in [1.54, 1.807) is 6.26 Å². The third-order valence-corrected chi connectivity index (χ3v) is 3.75. The lowest BCUT2D eigenvalue weighted by Crippen LogP contribution is -2.25. The van der Waals surface area contributed by atoms with Crippen molar-refractivity contribution in [2.75, 3.05) is 11.4 Å². The lowest BCUT2D eigenvalue weighted by Gasteiger charge is -2.25. The summed E-state index contributed by atoms with van der Waals surface area (Å²) < 4.78 is 6.31. The second-order valence-corrected chi connectivity index (χ2v) is 5.39. The number of nitrogens with two attached hydrogens (primary N) is 1. The molecule has 5 heteroatoms. The Hall–Kier alpha value is -1.33. The summed E-state index contributed by atoms with van der Waals surface area (Å²) >= 11 is 8.66. The number of benzene rings is 1. The number of hydrogen-bond donors (Lipinski definition) is 1. The molecule has 2 aromatic rings. The van der Waals surface area contributed by atoms with Crippen LogP contribution in [0.3, 0.4) is 0 Å². The Balaban J connectivity index is 2.38. The van der Waals surface area contributed by atoms with Crippen molar-refractivity contribution in [2.24, 2.45) is 5.73 Å². The molecule has 2 N–H and O–H groups in total. The minimum atomic E-state index is 0.389. The van der Waals surface area contributed by atoms with Gasteiger partial charge in [0.2, 0.25) is 0 Å². The fourth-order valence-corrected chi connectivity index (χ4v) is 2.89. The first-order chi connectivity index (χ1) is 9.13. The summed E-state index contributed by atoms with van der Waals surface area (Å²) in [7, 11) is 0. The van der Waals surface area contributed by atoms with Crippen molar-refractivity contribution in [3.8, 4) is 0 Å². The number of anilines is 1. The highest BCUT2D eigenvalue weighted by Gasteiger charge is 2.15. The Kier molecular flexibility index (Phi) is 4.61. The van der Waals surface area contributed by atoms with Crippen LogP contribution in [-0.4, -0.2) is 11.5 Å². The molecule has 0 saturated carbocycles. The predicted octanol–water partition coefficient (Wildman–Crippen LogP) is 3.70. The topological polar surface area (TPSA) is 42.4 Å². The van der Waals surface area contributed by atoms with Crippen molar-refractivity contribution >= 4 is 38.8 Å². The van der Waals surface area contributed by atoms with Crippen molar-refractivity contribution in [3.63, 3.8) is 0 Å². The second kappa shape index (κ2) is 6.21. The first-order valence-corrected chi connectivity index (χ1v) is 7.19. The third-order valence-electron chi connectivity index (χ3n) is 2.89. The lowest BCUT2D eigenvalue weighted by atomic mass is 10.1. The van der Waals surface area contributed by atoms with Gasteiger partial charge in [-0.2, -0.15) is 0 Å².